The third-order valence-corrected chi connectivity index (χ3v) is 4.53. The van der Waals surface area contributed by atoms with Crippen molar-refractivity contribution >= 4 is 15.9 Å². The van der Waals surface area contributed by atoms with Crippen LogP contribution in [0, 0.1) is 0 Å². The quantitative estimate of drug-likeness (QED) is 0.748. The van der Waals surface area contributed by atoms with Crippen LogP contribution in [0.1, 0.15) is 24.0 Å². The molecule has 2 aliphatic rings. The van der Waals surface area contributed by atoms with Crippen LogP contribution in [0.3, 0.4) is 0 Å². The summed E-state index contributed by atoms with van der Waals surface area (Å²) in [6, 6.07) is 6.66. The molecule has 1 N–H and O–H groups in total. The van der Waals surface area contributed by atoms with Crippen LogP contribution in [0.25, 0.3) is 0 Å². The SMILES string of the molecule is Brc1cccc2c1CCC21CCNC1. The van der Waals surface area contributed by atoms with Crippen molar-refractivity contribution in [3.05, 3.63) is 33.8 Å². The Kier molecular flexibility index (Phi) is 1.96. The molecule has 1 unspecified atom stereocenters. The van der Waals surface area contributed by atoms with E-state index in [9.17, 15) is 0 Å². The van der Waals surface area contributed by atoms with Crippen LogP contribution in [-0.4, -0.2) is 13.1 Å². The third kappa shape index (κ3) is 1.10. The summed E-state index contributed by atoms with van der Waals surface area (Å²) < 4.78 is 1.30. The van der Waals surface area contributed by atoms with Crippen molar-refractivity contribution in [2.45, 2.75) is 24.7 Å². The molecule has 0 aromatic heterocycles. The summed E-state index contributed by atoms with van der Waals surface area (Å²) in [6.07, 6.45) is 3.90. The molecular formula is C12H14BrN. The van der Waals surface area contributed by atoms with Gasteiger partial charge in [0.2, 0.25) is 0 Å². The van der Waals surface area contributed by atoms with Gasteiger partial charge in [-0.05, 0) is 43.0 Å². The van der Waals surface area contributed by atoms with E-state index >= 15 is 0 Å². The molecule has 1 spiro atoms. The van der Waals surface area contributed by atoms with E-state index in [2.05, 4.69) is 39.4 Å². The first-order valence-corrected chi connectivity index (χ1v) is 6.10. The van der Waals surface area contributed by atoms with Crippen molar-refractivity contribution in [1.29, 1.82) is 0 Å². The lowest BCUT2D eigenvalue weighted by molar-refractivity contribution is 0.468. The van der Waals surface area contributed by atoms with E-state index in [1.807, 2.05) is 0 Å². The van der Waals surface area contributed by atoms with Gasteiger partial charge in [-0.2, -0.15) is 0 Å². The molecule has 74 valence electrons. The predicted octanol–water partition coefficient (Wildman–Crippen LogP) is 2.63. The first-order chi connectivity index (χ1) is 6.82. The molecule has 0 bridgehead atoms. The Balaban J connectivity index is 2.14. The van der Waals surface area contributed by atoms with Gasteiger partial charge in [0.15, 0.2) is 0 Å². The molecule has 0 saturated carbocycles. The van der Waals surface area contributed by atoms with Crippen LogP contribution in [0.2, 0.25) is 0 Å². The molecule has 1 saturated heterocycles. The van der Waals surface area contributed by atoms with E-state index in [1.54, 1.807) is 11.1 Å². The van der Waals surface area contributed by atoms with E-state index < -0.39 is 0 Å². The van der Waals surface area contributed by atoms with Gasteiger partial charge in [-0.1, -0.05) is 28.1 Å². The lowest BCUT2D eigenvalue weighted by Gasteiger charge is -2.23. The third-order valence-electron chi connectivity index (χ3n) is 3.79. The Morgan fingerprint density at radius 3 is 3.00 bits per heavy atom. The minimum absolute atomic E-state index is 0.471. The van der Waals surface area contributed by atoms with Crippen molar-refractivity contribution < 1.29 is 0 Å². The summed E-state index contributed by atoms with van der Waals surface area (Å²) in [4.78, 5) is 0. The molecule has 0 amide bonds. The lowest BCUT2D eigenvalue weighted by atomic mass is 9.81. The summed E-state index contributed by atoms with van der Waals surface area (Å²) in [7, 11) is 0. The van der Waals surface area contributed by atoms with Crippen LogP contribution < -0.4 is 5.32 Å². The maximum absolute atomic E-state index is 3.66. The van der Waals surface area contributed by atoms with Crippen LogP contribution in [-0.2, 0) is 11.8 Å². The van der Waals surface area contributed by atoms with Gasteiger partial charge in [-0.25, -0.2) is 0 Å². The molecule has 1 fully saturated rings. The van der Waals surface area contributed by atoms with E-state index in [-0.39, 0.29) is 0 Å². The molecule has 2 heteroatoms. The van der Waals surface area contributed by atoms with Gasteiger partial charge in [0.1, 0.15) is 0 Å². The largest absolute Gasteiger partial charge is 0.316 e. The molecule has 14 heavy (non-hydrogen) atoms. The molecule has 1 aliphatic heterocycles. The number of benzene rings is 1. The van der Waals surface area contributed by atoms with E-state index in [1.165, 1.54) is 36.8 Å². The van der Waals surface area contributed by atoms with Crippen molar-refractivity contribution in [1.82, 2.24) is 5.32 Å². The Labute approximate surface area is 93.0 Å². The highest BCUT2D eigenvalue weighted by molar-refractivity contribution is 9.10. The Bertz CT molecular complexity index is 367. The van der Waals surface area contributed by atoms with Gasteiger partial charge < -0.3 is 5.32 Å². The smallest absolute Gasteiger partial charge is 0.0210 e. The van der Waals surface area contributed by atoms with Gasteiger partial charge in [0.25, 0.3) is 0 Å². The maximum atomic E-state index is 3.66. The second kappa shape index (κ2) is 3.07. The maximum Gasteiger partial charge on any atom is 0.0210 e. The topological polar surface area (TPSA) is 12.0 Å². The van der Waals surface area contributed by atoms with Crippen LogP contribution in [0.4, 0.5) is 0 Å². The van der Waals surface area contributed by atoms with Crippen LogP contribution in [0.15, 0.2) is 22.7 Å². The van der Waals surface area contributed by atoms with E-state index in [0.29, 0.717) is 5.41 Å². The van der Waals surface area contributed by atoms with Crippen molar-refractivity contribution in [3.8, 4) is 0 Å². The second-order valence-corrected chi connectivity index (χ2v) is 5.33. The van der Waals surface area contributed by atoms with Gasteiger partial charge in [0, 0.05) is 16.4 Å². The Morgan fingerprint density at radius 2 is 2.21 bits per heavy atom. The predicted molar refractivity (Wildman–Crippen MR) is 61.6 cm³/mol. The average Bonchev–Trinajstić information content (AvgIpc) is 2.78. The monoisotopic (exact) mass is 251 g/mol. The average molecular weight is 252 g/mol. The highest BCUT2D eigenvalue weighted by Gasteiger charge is 2.41. The summed E-state index contributed by atoms with van der Waals surface area (Å²) in [5.41, 5.74) is 3.62. The molecular weight excluding hydrogens is 238 g/mol. The number of hydrogen-bond donors (Lipinski definition) is 1. The number of nitrogens with one attached hydrogen (secondary N) is 1. The first-order valence-electron chi connectivity index (χ1n) is 5.30. The number of rotatable bonds is 0. The zero-order valence-corrected chi connectivity index (χ0v) is 9.73. The zero-order chi connectivity index (χ0) is 9.60. The minimum atomic E-state index is 0.471. The Hall–Kier alpha value is -0.340. The standard InChI is InChI=1S/C12H14BrN/c13-11-3-1-2-10-9(11)4-5-12(10)6-7-14-8-12/h1-3,14H,4-8H2. The van der Waals surface area contributed by atoms with E-state index in [0.717, 1.165) is 0 Å². The van der Waals surface area contributed by atoms with Crippen molar-refractivity contribution in [2.24, 2.45) is 0 Å². The molecule has 0 radical (unpaired) electrons. The Morgan fingerprint density at radius 1 is 1.29 bits per heavy atom. The van der Waals surface area contributed by atoms with Crippen LogP contribution in [0.5, 0.6) is 0 Å². The summed E-state index contributed by atoms with van der Waals surface area (Å²) in [6.45, 7) is 2.36. The molecule has 3 rings (SSSR count). The number of hydrogen-bond acceptors (Lipinski definition) is 1. The molecule has 1 aliphatic carbocycles. The zero-order valence-electron chi connectivity index (χ0n) is 8.15. The van der Waals surface area contributed by atoms with Gasteiger partial charge in [-0.15, -0.1) is 0 Å². The van der Waals surface area contributed by atoms with Gasteiger partial charge >= 0.3 is 0 Å². The lowest BCUT2D eigenvalue weighted by Crippen LogP contribution is -2.25. The van der Waals surface area contributed by atoms with Gasteiger partial charge in [-0.3, -0.25) is 0 Å². The van der Waals surface area contributed by atoms with E-state index in [4.69, 9.17) is 0 Å². The highest BCUT2D eigenvalue weighted by Crippen LogP contribution is 2.45. The highest BCUT2D eigenvalue weighted by atomic mass is 79.9. The van der Waals surface area contributed by atoms with Crippen molar-refractivity contribution in [3.63, 3.8) is 0 Å². The normalized spacial score (nSPS) is 29.8. The molecule has 1 aromatic carbocycles. The molecule has 1 aromatic rings. The fourth-order valence-electron chi connectivity index (χ4n) is 3.00. The second-order valence-electron chi connectivity index (χ2n) is 4.47. The molecule has 1 nitrogen and oxygen atoms in total. The number of halogens is 1. The van der Waals surface area contributed by atoms with Crippen LogP contribution >= 0.6 is 15.9 Å². The summed E-state index contributed by atoms with van der Waals surface area (Å²) >= 11 is 3.66. The minimum Gasteiger partial charge on any atom is -0.316 e. The number of fused-ring (bicyclic) bond motifs is 2. The van der Waals surface area contributed by atoms with Gasteiger partial charge in [0.05, 0.1) is 0 Å². The summed E-state index contributed by atoms with van der Waals surface area (Å²) in [5, 5.41) is 3.50. The summed E-state index contributed by atoms with van der Waals surface area (Å²) in [5.74, 6) is 0. The fraction of sp³-hybridized carbons (Fsp3) is 0.500. The molecule has 1 atom stereocenters. The first kappa shape index (κ1) is 8.93. The fourth-order valence-corrected chi connectivity index (χ4v) is 3.56. The molecule has 1 heterocycles. The van der Waals surface area contributed by atoms with Crippen molar-refractivity contribution in [2.75, 3.05) is 13.1 Å².